The molecular formula is C18H34N2O3. The maximum absolute atomic E-state index is 12.1. The Balaban J connectivity index is 1.69. The number of likely N-dealkylation sites (tertiary alicyclic amines) is 1. The van der Waals surface area contributed by atoms with Crippen molar-refractivity contribution in [2.24, 2.45) is 11.8 Å². The summed E-state index contributed by atoms with van der Waals surface area (Å²) in [4.78, 5) is 13.9. The van der Waals surface area contributed by atoms with Crippen LogP contribution in [0.5, 0.6) is 0 Å². The van der Waals surface area contributed by atoms with E-state index in [-0.39, 0.29) is 6.09 Å². The highest BCUT2D eigenvalue weighted by Crippen LogP contribution is 2.29. The Morgan fingerprint density at radius 2 is 1.74 bits per heavy atom. The third-order valence-corrected chi connectivity index (χ3v) is 5.12. The Labute approximate surface area is 140 Å². The number of carbonyl (C=O) groups excluding carboxylic acids is 1. The van der Waals surface area contributed by atoms with E-state index in [1.54, 1.807) is 0 Å². The molecule has 1 heterocycles. The average Bonchev–Trinajstić information content (AvgIpc) is 2.52. The molecule has 1 aliphatic heterocycles. The van der Waals surface area contributed by atoms with Crippen molar-refractivity contribution in [2.75, 3.05) is 26.2 Å². The molecule has 2 aliphatic rings. The van der Waals surface area contributed by atoms with Gasteiger partial charge in [0.15, 0.2) is 0 Å². The zero-order valence-electron chi connectivity index (χ0n) is 15.0. The SMILES string of the molecule is CC(C)(C)OC(=O)N1CCC(NCC2CCCCC2CO)CC1. The number of aliphatic hydroxyl groups excluding tert-OH is 1. The molecule has 134 valence electrons. The van der Waals surface area contributed by atoms with Crippen molar-refractivity contribution in [3.8, 4) is 0 Å². The Kier molecular flexibility index (Phi) is 6.72. The van der Waals surface area contributed by atoms with E-state index in [0.717, 1.165) is 32.5 Å². The molecule has 5 nitrogen and oxygen atoms in total. The molecule has 23 heavy (non-hydrogen) atoms. The standard InChI is InChI=1S/C18H34N2O3/c1-18(2,3)23-17(22)20-10-8-16(9-11-20)19-12-14-6-4-5-7-15(14)13-21/h14-16,19,21H,4-13H2,1-3H3. The molecule has 0 spiro atoms. The molecule has 1 aliphatic carbocycles. The van der Waals surface area contributed by atoms with Gasteiger partial charge in [0.1, 0.15) is 5.60 Å². The predicted octanol–water partition coefficient (Wildman–Crippen LogP) is 2.77. The van der Waals surface area contributed by atoms with Crippen LogP contribution in [0.15, 0.2) is 0 Å². The minimum absolute atomic E-state index is 0.191. The second kappa shape index (κ2) is 8.34. The van der Waals surface area contributed by atoms with E-state index >= 15 is 0 Å². The molecule has 2 unspecified atom stereocenters. The fourth-order valence-corrected chi connectivity index (χ4v) is 3.70. The number of piperidine rings is 1. The maximum atomic E-state index is 12.1. The fraction of sp³-hybridized carbons (Fsp3) is 0.944. The van der Waals surface area contributed by atoms with Crippen molar-refractivity contribution in [3.63, 3.8) is 0 Å². The van der Waals surface area contributed by atoms with Crippen LogP contribution in [-0.2, 0) is 4.74 Å². The van der Waals surface area contributed by atoms with E-state index in [1.165, 1.54) is 25.7 Å². The van der Waals surface area contributed by atoms with E-state index in [9.17, 15) is 9.90 Å². The zero-order chi connectivity index (χ0) is 16.9. The van der Waals surface area contributed by atoms with E-state index in [1.807, 2.05) is 25.7 Å². The number of carbonyl (C=O) groups is 1. The molecule has 0 aromatic carbocycles. The summed E-state index contributed by atoms with van der Waals surface area (Å²) in [6.07, 6.45) is 6.72. The average molecular weight is 326 g/mol. The van der Waals surface area contributed by atoms with Crippen LogP contribution in [0.25, 0.3) is 0 Å². The number of amides is 1. The van der Waals surface area contributed by atoms with E-state index < -0.39 is 5.60 Å². The van der Waals surface area contributed by atoms with Crippen molar-refractivity contribution in [1.82, 2.24) is 10.2 Å². The van der Waals surface area contributed by atoms with Crippen molar-refractivity contribution in [3.05, 3.63) is 0 Å². The summed E-state index contributed by atoms with van der Waals surface area (Å²) in [5.41, 5.74) is -0.424. The lowest BCUT2D eigenvalue weighted by atomic mass is 9.79. The zero-order valence-corrected chi connectivity index (χ0v) is 15.0. The molecule has 0 radical (unpaired) electrons. The van der Waals surface area contributed by atoms with Gasteiger partial charge in [-0.15, -0.1) is 0 Å². The number of rotatable bonds is 4. The van der Waals surface area contributed by atoms with Gasteiger partial charge in [0.2, 0.25) is 0 Å². The Bertz CT molecular complexity index is 373. The summed E-state index contributed by atoms with van der Waals surface area (Å²) in [5, 5.41) is 13.2. The second-order valence-corrected chi connectivity index (χ2v) is 8.14. The number of nitrogens with zero attached hydrogens (tertiary/aromatic N) is 1. The minimum atomic E-state index is -0.424. The van der Waals surface area contributed by atoms with Crippen molar-refractivity contribution in [1.29, 1.82) is 0 Å². The summed E-state index contributed by atoms with van der Waals surface area (Å²) in [6, 6.07) is 0.481. The van der Waals surface area contributed by atoms with Crippen molar-refractivity contribution >= 4 is 6.09 Å². The highest BCUT2D eigenvalue weighted by molar-refractivity contribution is 5.68. The molecular weight excluding hydrogens is 292 g/mol. The maximum Gasteiger partial charge on any atom is 0.410 e. The van der Waals surface area contributed by atoms with Gasteiger partial charge in [-0.05, 0) is 64.8 Å². The van der Waals surface area contributed by atoms with Gasteiger partial charge < -0.3 is 20.1 Å². The number of ether oxygens (including phenoxy) is 1. The van der Waals surface area contributed by atoms with Crippen molar-refractivity contribution < 1.29 is 14.6 Å². The second-order valence-electron chi connectivity index (χ2n) is 8.14. The molecule has 2 atom stereocenters. The van der Waals surface area contributed by atoms with E-state index in [2.05, 4.69) is 5.32 Å². The summed E-state index contributed by atoms with van der Waals surface area (Å²) < 4.78 is 5.43. The van der Waals surface area contributed by atoms with Crippen LogP contribution in [0.2, 0.25) is 0 Å². The lowest BCUT2D eigenvalue weighted by Crippen LogP contribution is -2.47. The molecule has 2 N–H and O–H groups in total. The number of hydrogen-bond acceptors (Lipinski definition) is 4. The first-order valence-corrected chi connectivity index (χ1v) is 9.21. The molecule has 0 bridgehead atoms. The summed E-state index contributed by atoms with van der Waals surface area (Å²) in [5.74, 6) is 1.08. The van der Waals surface area contributed by atoms with Gasteiger partial charge in [0.25, 0.3) is 0 Å². The Morgan fingerprint density at radius 1 is 1.13 bits per heavy atom. The minimum Gasteiger partial charge on any atom is -0.444 e. The van der Waals surface area contributed by atoms with Crippen LogP contribution in [0.3, 0.4) is 0 Å². The van der Waals surface area contributed by atoms with Gasteiger partial charge in [-0.3, -0.25) is 0 Å². The molecule has 2 fully saturated rings. The quantitative estimate of drug-likeness (QED) is 0.834. The number of aliphatic hydroxyl groups is 1. The molecule has 0 aromatic heterocycles. The summed E-state index contributed by atoms with van der Waals surface area (Å²) in [7, 11) is 0. The van der Waals surface area contributed by atoms with Gasteiger partial charge in [0.05, 0.1) is 0 Å². The topological polar surface area (TPSA) is 61.8 Å². The molecule has 1 saturated carbocycles. The van der Waals surface area contributed by atoms with Crippen molar-refractivity contribution in [2.45, 2.75) is 70.9 Å². The van der Waals surface area contributed by atoms with Gasteiger partial charge in [0, 0.05) is 25.7 Å². The molecule has 1 amide bonds. The first-order chi connectivity index (χ1) is 10.9. The third-order valence-electron chi connectivity index (χ3n) is 5.12. The first kappa shape index (κ1) is 18.5. The van der Waals surface area contributed by atoms with Gasteiger partial charge >= 0.3 is 6.09 Å². The van der Waals surface area contributed by atoms with E-state index in [0.29, 0.717) is 24.5 Å². The van der Waals surface area contributed by atoms with Crippen LogP contribution in [0, 0.1) is 11.8 Å². The highest BCUT2D eigenvalue weighted by atomic mass is 16.6. The Hall–Kier alpha value is -0.810. The molecule has 0 aromatic rings. The van der Waals surface area contributed by atoms with Crippen LogP contribution < -0.4 is 5.32 Å². The third kappa shape index (κ3) is 5.96. The molecule has 5 heteroatoms. The van der Waals surface area contributed by atoms with Gasteiger partial charge in [-0.25, -0.2) is 4.79 Å². The Morgan fingerprint density at radius 3 is 2.30 bits per heavy atom. The first-order valence-electron chi connectivity index (χ1n) is 9.21. The van der Waals surface area contributed by atoms with Gasteiger partial charge in [-0.2, -0.15) is 0 Å². The summed E-state index contributed by atoms with van der Waals surface area (Å²) in [6.45, 7) is 8.57. The van der Waals surface area contributed by atoms with Gasteiger partial charge in [-0.1, -0.05) is 12.8 Å². The fourth-order valence-electron chi connectivity index (χ4n) is 3.70. The molecule has 2 rings (SSSR count). The van der Waals surface area contributed by atoms with Crippen LogP contribution in [0.1, 0.15) is 59.3 Å². The highest BCUT2D eigenvalue weighted by Gasteiger charge is 2.28. The normalized spacial score (nSPS) is 27.0. The van der Waals surface area contributed by atoms with Crippen LogP contribution in [-0.4, -0.2) is 54.0 Å². The summed E-state index contributed by atoms with van der Waals surface area (Å²) >= 11 is 0. The predicted molar refractivity (Wildman–Crippen MR) is 91.4 cm³/mol. The lowest BCUT2D eigenvalue weighted by Gasteiger charge is -2.36. The van der Waals surface area contributed by atoms with E-state index in [4.69, 9.17) is 4.74 Å². The molecule has 1 saturated heterocycles. The van der Waals surface area contributed by atoms with Crippen LogP contribution >= 0.6 is 0 Å². The largest absolute Gasteiger partial charge is 0.444 e. The van der Waals surface area contributed by atoms with Crippen LogP contribution in [0.4, 0.5) is 4.79 Å². The monoisotopic (exact) mass is 326 g/mol. The lowest BCUT2D eigenvalue weighted by molar-refractivity contribution is 0.0195. The number of nitrogens with one attached hydrogen (secondary N) is 1. The number of hydrogen-bond donors (Lipinski definition) is 2. The smallest absolute Gasteiger partial charge is 0.410 e.